The molecule has 26 heavy (non-hydrogen) atoms. The van der Waals surface area contributed by atoms with E-state index in [2.05, 4.69) is 36.3 Å². The molecule has 1 aliphatic heterocycles. The summed E-state index contributed by atoms with van der Waals surface area (Å²) in [4.78, 5) is 7.06. The molecule has 1 saturated carbocycles. The molecule has 0 N–H and O–H groups in total. The van der Waals surface area contributed by atoms with Crippen molar-refractivity contribution in [2.45, 2.75) is 76.8 Å². The highest BCUT2D eigenvalue weighted by Crippen LogP contribution is 2.31. The first-order valence-corrected chi connectivity index (χ1v) is 10.3. The van der Waals surface area contributed by atoms with E-state index in [0.29, 0.717) is 5.92 Å². The number of aryl methyl sites for hydroxylation is 1. The van der Waals surface area contributed by atoms with Crippen molar-refractivity contribution in [3.8, 4) is 0 Å². The van der Waals surface area contributed by atoms with Gasteiger partial charge in [0.25, 0.3) is 0 Å². The Hall–Kier alpha value is -1.69. The summed E-state index contributed by atoms with van der Waals surface area (Å²) in [5, 5.41) is 9.04. The smallest absolute Gasteiger partial charge is 0.152 e. The lowest BCUT2D eigenvalue weighted by molar-refractivity contribution is 0.136. The summed E-state index contributed by atoms with van der Waals surface area (Å²) in [5.41, 5.74) is 0. The fourth-order valence-electron chi connectivity index (χ4n) is 4.74. The second kappa shape index (κ2) is 7.91. The van der Waals surface area contributed by atoms with Crippen molar-refractivity contribution in [3.05, 3.63) is 29.9 Å². The largest absolute Gasteiger partial charge is 0.328 e. The van der Waals surface area contributed by atoms with Gasteiger partial charge in [0, 0.05) is 31.4 Å². The number of rotatable bonds is 4. The average Bonchev–Trinajstić information content (AvgIpc) is 3.11. The van der Waals surface area contributed by atoms with Crippen molar-refractivity contribution in [3.63, 3.8) is 0 Å². The van der Waals surface area contributed by atoms with Crippen LogP contribution >= 0.6 is 0 Å². The van der Waals surface area contributed by atoms with E-state index < -0.39 is 0 Å². The van der Waals surface area contributed by atoms with Gasteiger partial charge in [0.05, 0.1) is 6.54 Å². The fourth-order valence-corrected chi connectivity index (χ4v) is 4.74. The molecule has 3 heterocycles. The number of hydrogen-bond donors (Lipinski definition) is 0. The van der Waals surface area contributed by atoms with Gasteiger partial charge < -0.3 is 14.0 Å². The first kappa shape index (κ1) is 17.7. The number of aromatic nitrogens is 5. The highest BCUT2D eigenvalue weighted by atomic mass is 15.3. The van der Waals surface area contributed by atoms with E-state index in [4.69, 9.17) is 0 Å². The maximum atomic E-state index is 4.56. The molecule has 6 nitrogen and oxygen atoms in total. The highest BCUT2D eigenvalue weighted by molar-refractivity contribution is 5.05. The van der Waals surface area contributed by atoms with Crippen LogP contribution < -0.4 is 0 Å². The van der Waals surface area contributed by atoms with Crippen LogP contribution in [0.2, 0.25) is 0 Å². The fraction of sp³-hybridized carbons (Fsp3) is 0.750. The van der Waals surface area contributed by atoms with Crippen molar-refractivity contribution in [2.24, 2.45) is 7.05 Å². The standard InChI is InChI=1S/C20H32N6/c1-16-21-11-14-26(16)15-19-22-23-20(24(19)2)17-9-12-25(13-10-17)18-7-5-3-4-6-8-18/h11,14,17-18H,3-10,12-13,15H2,1-2H3. The summed E-state index contributed by atoms with van der Waals surface area (Å²) in [5.74, 6) is 3.75. The summed E-state index contributed by atoms with van der Waals surface area (Å²) in [6, 6.07) is 0.831. The Kier molecular flexibility index (Phi) is 5.38. The summed E-state index contributed by atoms with van der Waals surface area (Å²) in [7, 11) is 2.12. The molecule has 2 aliphatic rings. The zero-order valence-electron chi connectivity index (χ0n) is 16.3. The molecule has 2 aromatic heterocycles. The third kappa shape index (κ3) is 3.70. The zero-order valence-corrected chi connectivity index (χ0v) is 16.3. The third-order valence-electron chi connectivity index (χ3n) is 6.47. The second-order valence-corrected chi connectivity index (χ2v) is 8.09. The number of likely N-dealkylation sites (tertiary alicyclic amines) is 1. The van der Waals surface area contributed by atoms with Gasteiger partial charge in [0.15, 0.2) is 5.82 Å². The predicted octanol–water partition coefficient (Wildman–Crippen LogP) is 3.27. The Morgan fingerprint density at radius 2 is 1.73 bits per heavy atom. The second-order valence-electron chi connectivity index (χ2n) is 8.09. The minimum absolute atomic E-state index is 0.548. The zero-order chi connectivity index (χ0) is 17.9. The molecule has 0 amide bonds. The molecule has 1 saturated heterocycles. The van der Waals surface area contributed by atoms with Gasteiger partial charge >= 0.3 is 0 Å². The first-order chi connectivity index (χ1) is 12.7. The predicted molar refractivity (Wildman–Crippen MR) is 102 cm³/mol. The Labute approximate surface area is 156 Å². The van der Waals surface area contributed by atoms with E-state index in [0.717, 1.165) is 24.2 Å². The van der Waals surface area contributed by atoms with Gasteiger partial charge in [-0.15, -0.1) is 10.2 Å². The summed E-state index contributed by atoms with van der Waals surface area (Å²) in [6.07, 6.45) is 14.8. The lowest BCUT2D eigenvalue weighted by Gasteiger charge is -2.37. The van der Waals surface area contributed by atoms with Gasteiger partial charge in [-0.25, -0.2) is 4.98 Å². The minimum Gasteiger partial charge on any atom is -0.328 e. The van der Waals surface area contributed by atoms with Crippen LogP contribution in [0.3, 0.4) is 0 Å². The van der Waals surface area contributed by atoms with E-state index in [1.54, 1.807) is 0 Å². The summed E-state index contributed by atoms with van der Waals surface area (Å²) >= 11 is 0. The third-order valence-corrected chi connectivity index (χ3v) is 6.47. The van der Waals surface area contributed by atoms with Crippen molar-refractivity contribution in [1.82, 2.24) is 29.2 Å². The van der Waals surface area contributed by atoms with Crippen LogP contribution in [0.15, 0.2) is 12.4 Å². The minimum atomic E-state index is 0.548. The lowest BCUT2D eigenvalue weighted by atomic mass is 9.93. The molecule has 0 aromatic carbocycles. The maximum Gasteiger partial charge on any atom is 0.152 e. The molecule has 142 valence electrons. The van der Waals surface area contributed by atoms with Crippen LogP contribution in [0.4, 0.5) is 0 Å². The van der Waals surface area contributed by atoms with Crippen molar-refractivity contribution >= 4 is 0 Å². The SMILES string of the molecule is Cc1nccn1Cc1nnc(C2CCN(C3CCCCCC3)CC2)n1C. The van der Waals surface area contributed by atoms with Crippen molar-refractivity contribution < 1.29 is 0 Å². The molecule has 4 rings (SSSR count). The molecule has 6 heteroatoms. The molecular formula is C20H32N6. The number of hydrogen-bond acceptors (Lipinski definition) is 4. The lowest BCUT2D eigenvalue weighted by Crippen LogP contribution is -2.41. The van der Waals surface area contributed by atoms with Crippen LogP contribution in [0, 0.1) is 6.92 Å². The average molecular weight is 357 g/mol. The Morgan fingerprint density at radius 1 is 1.00 bits per heavy atom. The quantitative estimate of drug-likeness (QED) is 0.789. The van der Waals surface area contributed by atoms with E-state index >= 15 is 0 Å². The maximum absolute atomic E-state index is 4.56. The van der Waals surface area contributed by atoms with E-state index in [1.807, 2.05) is 19.3 Å². The Bertz CT molecular complexity index is 702. The topological polar surface area (TPSA) is 51.8 Å². The van der Waals surface area contributed by atoms with Crippen LogP contribution in [-0.4, -0.2) is 48.3 Å². The van der Waals surface area contributed by atoms with Crippen LogP contribution in [-0.2, 0) is 13.6 Å². The summed E-state index contributed by atoms with van der Waals surface area (Å²) < 4.78 is 4.34. The molecular weight excluding hydrogens is 324 g/mol. The molecule has 0 radical (unpaired) electrons. The van der Waals surface area contributed by atoms with Crippen molar-refractivity contribution in [1.29, 1.82) is 0 Å². The van der Waals surface area contributed by atoms with E-state index in [9.17, 15) is 0 Å². The monoisotopic (exact) mass is 356 g/mol. The number of piperidine rings is 1. The normalized spacial score (nSPS) is 21.2. The molecule has 2 aromatic rings. The van der Waals surface area contributed by atoms with Gasteiger partial charge in [-0.1, -0.05) is 25.7 Å². The Morgan fingerprint density at radius 3 is 2.38 bits per heavy atom. The molecule has 0 unspecified atom stereocenters. The molecule has 0 spiro atoms. The van der Waals surface area contributed by atoms with Gasteiger partial charge in [0.1, 0.15) is 11.6 Å². The van der Waals surface area contributed by atoms with Crippen molar-refractivity contribution in [2.75, 3.05) is 13.1 Å². The van der Waals surface area contributed by atoms with Gasteiger partial charge in [0.2, 0.25) is 0 Å². The van der Waals surface area contributed by atoms with Crippen LogP contribution in [0.5, 0.6) is 0 Å². The molecule has 1 aliphatic carbocycles. The Balaban J connectivity index is 1.38. The molecule has 0 bridgehead atoms. The first-order valence-electron chi connectivity index (χ1n) is 10.3. The van der Waals surface area contributed by atoms with E-state index in [1.165, 1.54) is 70.3 Å². The van der Waals surface area contributed by atoms with E-state index in [-0.39, 0.29) is 0 Å². The van der Waals surface area contributed by atoms with Crippen LogP contribution in [0.1, 0.15) is 74.8 Å². The molecule has 0 atom stereocenters. The van der Waals surface area contributed by atoms with Crippen LogP contribution in [0.25, 0.3) is 0 Å². The van der Waals surface area contributed by atoms with Gasteiger partial charge in [-0.3, -0.25) is 0 Å². The number of nitrogens with zero attached hydrogens (tertiary/aromatic N) is 6. The summed E-state index contributed by atoms with van der Waals surface area (Å²) in [6.45, 7) is 5.22. The highest BCUT2D eigenvalue weighted by Gasteiger charge is 2.29. The van der Waals surface area contributed by atoms with Gasteiger partial charge in [-0.2, -0.15) is 0 Å². The number of imidazole rings is 1. The molecule has 2 fully saturated rings. The van der Waals surface area contributed by atoms with Gasteiger partial charge in [-0.05, 0) is 45.7 Å².